The van der Waals surface area contributed by atoms with Crippen molar-refractivity contribution in [2.75, 3.05) is 19.0 Å². The van der Waals surface area contributed by atoms with Gasteiger partial charge in [0.1, 0.15) is 18.1 Å². The van der Waals surface area contributed by atoms with Gasteiger partial charge in [0.05, 0.1) is 18.4 Å². The summed E-state index contributed by atoms with van der Waals surface area (Å²) in [4.78, 5) is 24.2. The molecule has 0 unspecified atom stereocenters. The lowest BCUT2D eigenvalue weighted by Crippen LogP contribution is -2.21. The minimum atomic E-state index is -0.573. The smallest absolute Gasteiger partial charge is 0.338 e. The van der Waals surface area contributed by atoms with E-state index in [4.69, 9.17) is 14.2 Å². The van der Waals surface area contributed by atoms with Crippen LogP contribution in [0, 0.1) is 0 Å². The molecule has 0 spiro atoms. The van der Waals surface area contributed by atoms with E-state index in [2.05, 4.69) is 5.32 Å². The number of hydrogen-bond donors (Lipinski definition) is 1. The van der Waals surface area contributed by atoms with Crippen LogP contribution in [0.1, 0.15) is 15.9 Å². The summed E-state index contributed by atoms with van der Waals surface area (Å²) in [7, 11) is 1.51. The van der Waals surface area contributed by atoms with Gasteiger partial charge in [-0.25, -0.2) is 4.79 Å². The van der Waals surface area contributed by atoms with Crippen LogP contribution in [-0.4, -0.2) is 25.6 Å². The first kappa shape index (κ1) is 19.9. The van der Waals surface area contributed by atoms with E-state index in [1.807, 2.05) is 30.3 Å². The highest BCUT2D eigenvalue weighted by Crippen LogP contribution is 2.22. The van der Waals surface area contributed by atoms with Crippen molar-refractivity contribution in [1.82, 2.24) is 0 Å². The fourth-order valence-corrected chi connectivity index (χ4v) is 2.57. The zero-order chi connectivity index (χ0) is 20.5. The number of ether oxygens (including phenoxy) is 3. The van der Waals surface area contributed by atoms with Gasteiger partial charge in [-0.05, 0) is 42.0 Å². The van der Waals surface area contributed by atoms with Crippen LogP contribution in [0.2, 0.25) is 0 Å². The Morgan fingerprint density at radius 2 is 1.55 bits per heavy atom. The average molecular weight is 391 g/mol. The summed E-state index contributed by atoms with van der Waals surface area (Å²) in [6.07, 6.45) is 0. The quantitative estimate of drug-likeness (QED) is 0.586. The Hall–Kier alpha value is -3.80. The second-order valence-corrected chi connectivity index (χ2v) is 6.12. The SMILES string of the molecule is COc1ccccc1NC(=O)COC(=O)c1ccc(COc2ccccc2)cc1. The Morgan fingerprint density at radius 3 is 2.28 bits per heavy atom. The van der Waals surface area contributed by atoms with Crippen LogP contribution in [0.25, 0.3) is 0 Å². The average Bonchev–Trinajstić information content (AvgIpc) is 2.77. The fraction of sp³-hybridized carbons (Fsp3) is 0.130. The number of carbonyl (C=O) groups excluding carboxylic acids is 2. The molecule has 0 aromatic heterocycles. The highest BCUT2D eigenvalue weighted by Gasteiger charge is 2.12. The molecule has 0 heterocycles. The maximum atomic E-state index is 12.2. The van der Waals surface area contributed by atoms with Crippen LogP contribution in [0.4, 0.5) is 5.69 Å². The second kappa shape index (κ2) is 9.94. The van der Waals surface area contributed by atoms with Crippen molar-refractivity contribution in [3.05, 3.63) is 90.0 Å². The van der Waals surface area contributed by atoms with E-state index in [9.17, 15) is 9.59 Å². The van der Waals surface area contributed by atoms with Crippen molar-refractivity contribution in [3.8, 4) is 11.5 Å². The molecule has 6 nitrogen and oxygen atoms in total. The lowest BCUT2D eigenvalue weighted by molar-refractivity contribution is -0.119. The molecule has 0 saturated carbocycles. The highest BCUT2D eigenvalue weighted by atomic mass is 16.5. The van der Waals surface area contributed by atoms with Gasteiger partial charge < -0.3 is 19.5 Å². The molecule has 3 aromatic carbocycles. The summed E-state index contributed by atoms with van der Waals surface area (Å²) in [5.74, 6) is 0.281. The van der Waals surface area contributed by atoms with E-state index in [-0.39, 0.29) is 0 Å². The summed E-state index contributed by atoms with van der Waals surface area (Å²) in [5, 5.41) is 2.65. The first-order chi connectivity index (χ1) is 14.2. The number of carbonyl (C=O) groups is 2. The molecule has 148 valence electrons. The first-order valence-corrected chi connectivity index (χ1v) is 9.02. The summed E-state index contributed by atoms with van der Waals surface area (Å²) in [5.41, 5.74) is 1.79. The van der Waals surface area contributed by atoms with Gasteiger partial charge in [0.25, 0.3) is 5.91 Å². The van der Waals surface area contributed by atoms with E-state index in [0.717, 1.165) is 11.3 Å². The number of nitrogens with one attached hydrogen (secondary N) is 1. The molecule has 0 aliphatic carbocycles. The van der Waals surface area contributed by atoms with Crippen molar-refractivity contribution in [1.29, 1.82) is 0 Å². The maximum absolute atomic E-state index is 12.2. The third-order valence-corrected chi connectivity index (χ3v) is 4.05. The molecule has 0 bridgehead atoms. The van der Waals surface area contributed by atoms with Crippen molar-refractivity contribution in [2.45, 2.75) is 6.61 Å². The molecule has 0 aliphatic heterocycles. The van der Waals surface area contributed by atoms with Gasteiger partial charge >= 0.3 is 5.97 Å². The first-order valence-electron chi connectivity index (χ1n) is 9.02. The van der Waals surface area contributed by atoms with E-state index in [1.165, 1.54) is 7.11 Å². The normalized spacial score (nSPS) is 10.1. The van der Waals surface area contributed by atoms with Crippen LogP contribution >= 0.6 is 0 Å². The van der Waals surface area contributed by atoms with Crippen LogP contribution in [-0.2, 0) is 16.1 Å². The lowest BCUT2D eigenvalue weighted by Gasteiger charge is -2.10. The molecule has 0 fully saturated rings. The Kier molecular flexibility index (Phi) is 6.84. The number of methoxy groups -OCH3 is 1. The Balaban J connectivity index is 1.48. The van der Waals surface area contributed by atoms with E-state index in [0.29, 0.717) is 23.6 Å². The predicted octanol–water partition coefficient (Wildman–Crippen LogP) is 4.07. The van der Waals surface area contributed by atoms with Crippen molar-refractivity contribution < 1.29 is 23.8 Å². The number of amides is 1. The Bertz CT molecular complexity index is 955. The minimum absolute atomic E-state index is 0.360. The van der Waals surface area contributed by atoms with Crippen molar-refractivity contribution in [3.63, 3.8) is 0 Å². The molecular weight excluding hydrogens is 370 g/mol. The minimum Gasteiger partial charge on any atom is -0.495 e. The molecule has 0 saturated heterocycles. The van der Waals surface area contributed by atoms with Gasteiger partial charge in [-0.2, -0.15) is 0 Å². The van der Waals surface area contributed by atoms with Gasteiger partial charge in [-0.1, -0.05) is 42.5 Å². The van der Waals surface area contributed by atoms with Crippen LogP contribution in [0.15, 0.2) is 78.9 Å². The van der Waals surface area contributed by atoms with Crippen LogP contribution in [0.5, 0.6) is 11.5 Å². The van der Waals surface area contributed by atoms with Gasteiger partial charge in [-0.3, -0.25) is 4.79 Å². The Labute approximate surface area is 169 Å². The van der Waals surface area contributed by atoms with E-state index >= 15 is 0 Å². The monoisotopic (exact) mass is 391 g/mol. The zero-order valence-electron chi connectivity index (χ0n) is 16.0. The van der Waals surface area contributed by atoms with Crippen molar-refractivity contribution in [2.24, 2.45) is 0 Å². The van der Waals surface area contributed by atoms with Crippen molar-refractivity contribution >= 4 is 17.6 Å². The molecule has 3 rings (SSSR count). The van der Waals surface area contributed by atoms with E-state index < -0.39 is 18.5 Å². The number of rotatable bonds is 8. The summed E-state index contributed by atoms with van der Waals surface area (Å²) < 4.78 is 15.9. The van der Waals surface area contributed by atoms with Gasteiger partial charge in [0.2, 0.25) is 0 Å². The summed E-state index contributed by atoms with van der Waals surface area (Å²) in [6, 6.07) is 23.3. The molecule has 1 N–H and O–H groups in total. The third kappa shape index (κ3) is 5.84. The largest absolute Gasteiger partial charge is 0.495 e. The number of para-hydroxylation sites is 3. The van der Waals surface area contributed by atoms with E-state index in [1.54, 1.807) is 48.5 Å². The Morgan fingerprint density at radius 1 is 0.862 bits per heavy atom. The zero-order valence-corrected chi connectivity index (χ0v) is 16.0. The van der Waals surface area contributed by atoms with Gasteiger partial charge in [0, 0.05) is 0 Å². The van der Waals surface area contributed by atoms with Gasteiger partial charge in [-0.15, -0.1) is 0 Å². The standard InChI is InChI=1S/C23H21NO5/c1-27-21-10-6-5-9-20(21)24-22(25)16-29-23(26)18-13-11-17(12-14-18)15-28-19-7-3-2-4-8-19/h2-14H,15-16H2,1H3,(H,24,25). The second-order valence-electron chi connectivity index (χ2n) is 6.12. The van der Waals surface area contributed by atoms with Crippen LogP contribution < -0.4 is 14.8 Å². The number of anilines is 1. The van der Waals surface area contributed by atoms with Gasteiger partial charge in [0.15, 0.2) is 6.61 Å². The lowest BCUT2D eigenvalue weighted by atomic mass is 10.1. The predicted molar refractivity (Wildman–Crippen MR) is 109 cm³/mol. The maximum Gasteiger partial charge on any atom is 0.338 e. The molecule has 6 heteroatoms. The topological polar surface area (TPSA) is 73.9 Å². The molecular formula is C23H21NO5. The molecule has 3 aromatic rings. The summed E-state index contributed by atoms with van der Waals surface area (Å²) in [6.45, 7) is -0.00356. The number of esters is 1. The molecule has 0 radical (unpaired) electrons. The highest BCUT2D eigenvalue weighted by molar-refractivity contribution is 5.96. The fourth-order valence-electron chi connectivity index (χ4n) is 2.57. The third-order valence-electron chi connectivity index (χ3n) is 4.05. The number of benzene rings is 3. The molecule has 0 aliphatic rings. The molecule has 1 amide bonds. The molecule has 0 atom stereocenters. The molecule has 29 heavy (non-hydrogen) atoms. The number of hydrogen-bond acceptors (Lipinski definition) is 5. The van der Waals surface area contributed by atoms with Crippen LogP contribution in [0.3, 0.4) is 0 Å². The summed E-state index contributed by atoms with van der Waals surface area (Å²) >= 11 is 0.